The number of hydrogen-bond donors (Lipinski definition) is 0. The zero-order valence-electron chi connectivity index (χ0n) is 10.1. The molecule has 1 aliphatic heterocycles. The summed E-state index contributed by atoms with van der Waals surface area (Å²) < 4.78 is 15.3. The highest BCUT2D eigenvalue weighted by Gasteiger charge is 2.25. The maximum Gasteiger partial charge on any atom is 0.327 e. The lowest BCUT2D eigenvalue weighted by molar-refractivity contribution is -0.146. The van der Waals surface area contributed by atoms with Crippen LogP contribution in [0.25, 0.3) is 0 Å². The molecule has 1 heterocycles. The van der Waals surface area contributed by atoms with E-state index in [1.54, 1.807) is 11.0 Å². The van der Waals surface area contributed by atoms with Gasteiger partial charge in [0.1, 0.15) is 6.04 Å². The first-order chi connectivity index (χ1) is 8.13. The van der Waals surface area contributed by atoms with Crippen LogP contribution in [0.5, 0.6) is 11.5 Å². The van der Waals surface area contributed by atoms with Gasteiger partial charge in [0.05, 0.1) is 7.11 Å². The summed E-state index contributed by atoms with van der Waals surface area (Å²) in [6.07, 6.45) is 0. The maximum atomic E-state index is 11.7. The third-order valence-electron chi connectivity index (χ3n) is 2.65. The van der Waals surface area contributed by atoms with Crippen LogP contribution < -0.4 is 9.47 Å². The van der Waals surface area contributed by atoms with Crippen molar-refractivity contribution in [3.8, 4) is 11.5 Å². The molecule has 0 bridgehead atoms. The quantitative estimate of drug-likeness (QED) is 0.739. The Bertz CT molecular complexity index is 431. The predicted molar refractivity (Wildman–Crippen MR) is 61.0 cm³/mol. The molecule has 0 radical (unpaired) electrons. The van der Waals surface area contributed by atoms with Crippen molar-refractivity contribution in [3.63, 3.8) is 0 Å². The molecule has 2 rings (SSSR count). The van der Waals surface area contributed by atoms with Gasteiger partial charge in [0.25, 0.3) is 0 Å². The van der Waals surface area contributed by atoms with Gasteiger partial charge in [-0.05, 0) is 31.8 Å². The molecule has 1 unspecified atom stereocenters. The molecule has 1 aromatic rings. The number of esters is 1. The summed E-state index contributed by atoms with van der Waals surface area (Å²) in [6, 6.07) is 5.02. The van der Waals surface area contributed by atoms with Gasteiger partial charge in [-0.1, -0.05) is 6.07 Å². The summed E-state index contributed by atoms with van der Waals surface area (Å²) in [7, 11) is 5.03. The molecule has 0 aromatic heterocycles. The number of carbonyl (C=O) groups is 1. The molecule has 5 heteroatoms. The Morgan fingerprint density at radius 2 is 2.06 bits per heavy atom. The second-order valence-corrected chi connectivity index (χ2v) is 4.00. The van der Waals surface area contributed by atoms with Crippen molar-refractivity contribution >= 4 is 5.97 Å². The first kappa shape index (κ1) is 11.7. The van der Waals surface area contributed by atoms with E-state index in [0.29, 0.717) is 11.5 Å². The molecule has 1 aromatic carbocycles. The van der Waals surface area contributed by atoms with Gasteiger partial charge in [0.15, 0.2) is 11.5 Å². The molecule has 0 aliphatic carbocycles. The Balaban J connectivity index is 2.33. The number of rotatable bonds is 3. The van der Waals surface area contributed by atoms with Gasteiger partial charge < -0.3 is 14.2 Å². The summed E-state index contributed by atoms with van der Waals surface area (Å²) in [5.74, 6) is 1.07. The zero-order valence-corrected chi connectivity index (χ0v) is 10.1. The smallest absolute Gasteiger partial charge is 0.327 e. The van der Waals surface area contributed by atoms with Crippen LogP contribution in [0.2, 0.25) is 0 Å². The lowest BCUT2D eigenvalue weighted by atomic mass is 10.1. The second-order valence-electron chi connectivity index (χ2n) is 4.00. The van der Waals surface area contributed by atoms with Gasteiger partial charge in [-0.2, -0.15) is 0 Å². The molecule has 1 atom stereocenters. The van der Waals surface area contributed by atoms with Crippen molar-refractivity contribution in [1.82, 2.24) is 4.90 Å². The van der Waals surface area contributed by atoms with E-state index in [-0.39, 0.29) is 12.8 Å². The molecule has 0 amide bonds. The van der Waals surface area contributed by atoms with Gasteiger partial charge in [-0.15, -0.1) is 0 Å². The fraction of sp³-hybridized carbons (Fsp3) is 0.417. The normalized spacial score (nSPS) is 14.8. The molecular weight excluding hydrogens is 222 g/mol. The van der Waals surface area contributed by atoms with Crippen LogP contribution in [-0.4, -0.2) is 38.9 Å². The van der Waals surface area contributed by atoms with Crippen molar-refractivity contribution in [3.05, 3.63) is 23.8 Å². The van der Waals surface area contributed by atoms with Crippen molar-refractivity contribution in [2.45, 2.75) is 6.04 Å². The predicted octanol–water partition coefficient (Wildman–Crippen LogP) is 1.19. The Morgan fingerprint density at radius 1 is 1.35 bits per heavy atom. The highest BCUT2D eigenvalue weighted by molar-refractivity contribution is 5.77. The van der Waals surface area contributed by atoms with E-state index in [0.717, 1.165) is 5.56 Å². The summed E-state index contributed by atoms with van der Waals surface area (Å²) in [4.78, 5) is 13.5. The highest BCUT2D eigenvalue weighted by atomic mass is 16.7. The average Bonchev–Trinajstić information content (AvgIpc) is 2.75. The molecule has 92 valence electrons. The van der Waals surface area contributed by atoms with E-state index in [9.17, 15) is 4.79 Å². The second kappa shape index (κ2) is 4.63. The van der Waals surface area contributed by atoms with Gasteiger partial charge in [-0.3, -0.25) is 4.90 Å². The summed E-state index contributed by atoms with van der Waals surface area (Å²) in [5.41, 5.74) is 0.825. The fourth-order valence-corrected chi connectivity index (χ4v) is 1.84. The first-order valence-electron chi connectivity index (χ1n) is 5.27. The minimum Gasteiger partial charge on any atom is -0.468 e. The van der Waals surface area contributed by atoms with Crippen molar-refractivity contribution < 1.29 is 19.0 Å². The summed E-state index contributed by atoms with van der Waals surface area (Å²) in [6.45, 7) is 0.226. The van der Waals surface area contributed by atoms with Crippen molar-refractivity contribution in [2.75, 3.05) is 28.0 Å². The summed E-state index contributed by atoms with van der Waals surface area (Å²) in [5, 5.41) is 0. The van der Waals surface area contributed by atoms with Crippen LogP contribution in [0, 0.1) is 0 Å². The van der Waals surface area contributed by atoms with E-state index in [1.165, 1.54) is 7.11 Å². The van der Waals surface area contributed by atoms with Crippen molar-refractivity contribution in [1.29, 1.82) is 0 Å². The van der Waals surface area contributed by atoms with Gasteiger partial charge >= 0.3 is 5.97 Å². The largest absolute Gasteiger partial charge is 0.468 e. The molecule has 0 fully saturated rings. The van der Waals surface area contributed by atoms with Gasteiger partial charge in [0.2, 0.25) is 6.79 Å². The Morgan fingerprint density at radius 3 is 2.71 bits per heavy atom. The van der Waals surface area contributed by atoms with Crippen LogP contribution in [0.1, 0.15) is 11.6 Å². The first-order valence-corrected chi connectivity index (χ1v) is 5.27. The summed E-state index contributed by atoms with van der Waals surface area (Å²) >= 11 is 0. The number of hydrogen-bond acceptors (Lipinski definition) is 5. The van der Waals surface area contributed by atoms with E-state index < -0.39 is 6.04 Å². The Labute approximate surface area is 99.9 Å². The van der Waals surface area contributed by atoms with Crippen LogP contribution in [0.4, 0.5) is 0 Å². The standard InChI is InChI=1S/C12H15NO4/c1-13(2)11(12(14)15-3)8-4-5-9-10(6-8)17-7-16-9/h4-6,11H,7H2,1-3H3. The van der Waals surface area contributed by atoms with Crippen LogP contribution in [0.3, 0.4) is 0 Å². The lowest BCUT2D eigenvalue weighted by Crippen LogP contribution is -2.28. The minimum absolute atomic E-state index is 0.226. The van der Waals surface area contributed by atoms with Crippen molar-refractivity contribution in [2.24, 2.45) is 0 Å². The Kier molecular flexibility index (Phi) is 3.19. The molecule has 0 saturated heterocycles. The number of likely N-dealkylation sites (N-methyl/N-ethyl adjacent to an activating group) is 1. The number of methoxy groups -OCH3 is 1. The number of benzene rings is 1. The highest BCUT2D eigenvalue weighted by Crippen LogP contribution is 2.35. The minimum atomic E-state index is -0.436. The van der Waals surface area contributed by atoms with Gasteiger partial charge in [-0.25, -0.2) is 4.79 Å². The molecule has 0 spiro atoms. The molecule has 0 saturated carbocycles. The Hall–Kier alpha value is -1.75. The van der Waals surface area contributed by atoms with Gasteiger partial charge in [0, 0.05) is 0 Å². The van der Waals surface area contributed by atoms with Crippen LogP contribution in [-0.2, 0) is 9.53 Å². The monoisotopic (exact) mass is 237 g/mol. The number of carbonyl (C=O) groups excluding carboxylic acids is 1. The van der Waals surface area contributed by atoms with E-state index in [1.807, 2.05) is 26.2 Å². The number of fused-ring (bicyclic) bond motifs is 1. The zero-order chi connectivity index (χ0) is 12.4. The SMILES string of the molecule is COC(=O)C(c1ccc2c(c1)OCO2)N(C)C. The average molecular weight is 237 g/mol. The molecule has 5 nitrogen and oxygen atoms in total. The topological polar surface area (TPSA) is 48.0 Å². The van der Waals surface area contributed by atoms with E-state index >= 15 is 0 Å². The molecular formula is C12H15NO4. The van der Waals surface area contributed by atoms with Crippen LogP contribution >= 0.6 is 0 Å². The molecule has 0 N–H and O–H groups in total. The molecule has 1 aliphatic rings. The number of nitrogens with zero attached hydrogens (tertiary/aromatic N) is 1. The third kappa shape index (κ3) is 2.19. The number of ether oxygens (including phenoxy) is 3. The fourth-order valence-electron chi connectivity index (χ4n) is 1.84. The van der Waals surface area contributed by atoms with Crippen LogP contribution in [0.15, 0.2) is 18.2 Å². The lowest BCUT2D eigenvalue weighted by Gasteiger charge is -2.22. The maximum absolute atomic E-state index is 11.7. The third-order valence-corrected chi connectivity index (χ3v) is 2.65. The molecule has 17 heavy (non-hydrogen) atoms. The van der Waals surface area contributed by atoms with E-state index in [4.69, 9.17) is 14.2 Å². The van der Waals surface area contributed by atoms with E-state index in [2.05, 4.69) is 0 Å².